The van der Waals surface area contributed by atoms with Crippen molar-refractivity contribution >= 4 is 11.6 Å². The van der Waals surface area contributed by atoms with Gasteiger partial charge in [-0.2, -0.15) is 5.10 Å². The molecule has 2 aromatic rings. The Morgan fingerprint density at radius 3 is 2.75 bits per heavy atom. The molecule has 6 heteroatoms. The summed E-state index contributed by atoms with van der Waals surface area (Å²) in [5.74, 6) is 0.724. The van der Waals surface area contributed by atoms with Crippen LogP contribution in [0.25, 0.3) is 0 Å². The zero-order valence-corrected chi connectivity index (χ0v) is 15.5. The van der Waals surface area contributed by atoms with Gasteiger partial charge in [0.25, 0.3) is 0 Å². The second-order valence-electron chi connectivity index (χ2n) is 6.06. The van der Waals surface area contributed by atoms with Crippen LogP contribution in [0.3, 0.4) is 0 Å². The maximum absolute atomic E-state index is 6.31. The summed E-state index contributed by atoms with van der Waals surface area (Å²) in [7, 11) is 1.69. The highest BCUT2D eigenvalue weighted by atomic mass is 35.5. The van der Waals surface area contributed by atoms with E-state index in [1.54, 1.807) is 7.11 Å². The third-order valence-electron chi connectivity index (χ3n) is 3.64. The molecule has 1 aromatic carbocycles. The fourth-order valence-electron chi connectivity index (χ4n) is 2.33. The zero-order chi connectivity index (χ0) is 17.5. The van der Waals surface area contributed by atoms with Crippen LogP contribution in [0.1, 0.15) is 37.9 Å². The topological polar surface area (TPSA) is 48.3 Å². The molecule has 132 valence electrons. The first-order valence-electron chi connectivity index (χ1n) is 8.19. The fraction of sp³-hybridized carbons (Fsp3) is 0.500. The minimum atomic E-state index is 0.110. The quantitative estimate of drug-likeness (QED) is 0.746. The molecule has 2 rings (SSSR count). The molecule has 1 N–H and O–H groups in total. The number of benzene rings is 1. The molecule has 0 fully saturated rings. The number of ether oxygens (including phenoxy) is 2. The highest BCUT2D eigenvalue weighted by Crippen LogP contribution is 2.28. The number of halogens is 1. The summed E-state index contributed by atoms with van der Waals surface area (Å²) in [6, 6.07) is 6.11. The normalized spacial score (nSPS) is 12.6. The number of nitrogens with zero attached hydrogens (tertiary/aromatic N) is 2. The lowest BCUT2D eigenvalue weighted by molar-refractivity contribution is 0.183. The van der Waals surface area contributed by atoms with Crippen molar-refractivity contribution < 1.29 is 9.47 Å². The fourth-order valence-corrected chi connectivity index (χ4v) is 2.56. The summed E-state index contributed by atoms with van der Waals surface area (Å²) in [5, 5.41) is 8.45. The third kappa shape index (κ3) is 5.51. The van der Waals surface area contributed by atoms with Crippen LogP contribution in [-0.4, -0.2) is 29.6 Å². The van der Waals surface area contributed by atoms with Crippen molar-refractivity contribution in [2.75, 3.05) is 13.7 Å². The van der Waals surface area contributed by atoms with Crippen molar-refractivity contribution in [2.24, 2.45) is 0 Å². The SMILES string of the molecule is COCCn1cc(CNC(C)c2ccc(OC(C)C)c(Cl)c2)cn1. The monoisotopic (exact) mass is 351 g/mol. The van der Waals surface area contributed by atoms with Crippen molar-refractivity contribution in [3.63, 3.8) is 0 Å². The maximum atomic E-state index is 6.31. The van der Waals surface area contributed by atoms with E-state index < -0.39 is 0 Å². The van der Waals surface area contributed by atoms with Gasteiger partial charge in [0.2, 0.25) is 0 Å². The van der Waals surface area contributed by atoms with Crippen molar-refractivity contribution in [3.05, 3.63) is 46.7 Å². The molecule has 0 aliphatic heterocycles. The number of hydrogen-bond acceptors (Lipinski definition) is 4. The summed E-state index contributed by atoms with van der Waals surface area (Å²) >= 11 is 6.31. The van der Waals surface area contributed by atoms with Crippen LogP contribution in [0.15, 0.2) is 30.6 Å². The van der Waals surface area contributed by atoms with Gasteiger partial charge in [-0.25, -0.2) is 0 Å². The van der Waals surface area contributed by atoms with Gasteiger partial charge in [0, 0.05) is 31.5 Å². The van der Waals surface area contributed by atoms with Gasteiger partial charge in [0.15, 0.2) is 0 Å². The summed E-state index contributed by atoms with van der Waals surface area (Å²) in [4.78, 5) is 0. The molecule has 0 aliphatic rings. The number of rotatable bonds is 9. The second kappa shape index (κ2) is 9.06. The standard InChI is InChI=1S/C18H26ClN3O2/c1-13(2)24-18-6-5-16(9-17(18)19)14(3)20-10-15-11-21-22(12-15)7-8-23-4/h5-6,9,11-14,20H,7-8,10H2,1-4H3. The van der Waals surface area contributed by atoms with E-state index in [-0.39, 0.29) is 12.1 Å². The molecule has 0 bridgehead atoms. The molecule has 0 saturated heterocycles. The number of hydrogen-bond donors (Lipinski definition) is 1. The van der Waals surface area contributed by atoms with E-state index in [0.717, 1.165) is 30.0 Å². The van der Waals surface area contributed by atoms with E-state index in [2.05, 4.69) is 17.3 Å². The first-order chi connectivity index (χ1) is 11.5. The Kier molecular flexibility index (Phi) is 7.09. The van der Waals surface area contributed by atoms with Gasteiger partial charge in [-0.15, -0.1) is 0 Å². The van der Waals surface area contributed by atoms with Gasteiger partial charge in [-0.05, 0) is 38.5 Å². The van der Waals surface area contributed by atoms with Gasteiger partial charge < -0.3 is 14.8 Å². The molecule has 1 aromatic heterocycles. The Balaban J connectivity index is 1.91. The minimum absolute atomic E-state index is 0.110. The van der Waals surface area contributed by atoms with Crippen LogP contribution in [0.5, 0.6) is 5.75 Å². The average Bonchev–Trinajstić information content (AvgIpc) is 3.00. The second-order valence-corrected chi connectivity index (χ2v) is 6.47. The van der Waals surface area contributed by atoms with Crippen molar-refractivity contribution in [1.29, 1.82) is 0 Å². The summed E-state index contributed by atoms with van der Waals surface area (Å²) in [6.07, 6.45) is 4.02. The van der Waals surface area contributed by atoms with Gasteiger partial charge in [0.1, 0.15) is 5.75 Å². The highest BCUT2D eigenvalue weighted by molar-refractivity contribution is 6.32. The lowest BCUT2D eigenvalue weighted by atomic mass is 10.1. The van der Waals surface area contributed by atoms with E-state index in [1.807, 2.05) is 49.1 Å². The number of aromatic nitrogens is 2. The number of nitrogens with one attached hydrogen (secondary N) is 1. The third-order valence-corrected chi connectivity index (χ3v) is 3.94. The van der Waals surface area contributed by atoms with E-state index in [0.29, 0.717) is 11.6 Å². The first-order valence-corrected chi connectivity index (χ1v) is 8.57. The molecule has 0 aliphatic carbocycles. The molecule has 1 heterocycles. The minimum Gasteiger partial charge on any atom is -0.489 e. The van der Waals surface area contributed by atoms with Crippen molar-refractivity contribution in [1.82, 2.24) is 15.1 Å². The number of methoxy groups -OCH3 is 1. The summed E-state index contributed by atoms with van der Waals surface area (Å²) in [6.45, 7) is 8.26. The summed E-state index contributed by atoms with van der Waals surface area (Å²) in [5.41, 5.74) is 2.27. The molecule has 5 nitrogen and oxygen atoms in total. The molecule has 24 heavy (non-hydrogen) atoms. The Morgan fingerprint density at radius 1 is 1.29 bits per heavy atom. The highest BCUT2D eigenvalue weighted by Gasteiger charge is 2.10. The van der Waals surface area contributed by atoms with Gasteiger partial charge in [-0.1, -0.05) is 17.7 Å². The van der Waals surface area contributed by atoms with Crippen LogP contribution < -0.4 is 10.1 Å². The van der Waals surface area contributed by atoms with Gasteiger partial charge in [-0.3, -0.25) is 4.68 Å². The zero-order valence-electron chi connectivity index (χ0n) is 14.8. The largest absolute Gasteiger partial charge is 0.489 e. The van der Waals surface area contributed by atoms with E-state index >= 15 is 0 Å². The van der Waals surface area contributed by atoms with Crippen LogP contribution in [0, 0.1) is 0 Å². The molecular formula is C18H26ClN3O2. The maximum Gasteiger partial charge on any atom is 0.138 e. The molecular weight excluding hydrogens is 326 g/mol. The first kappa shape index (κ1) is 18.8. The van der Waals surface area contributed by atoms with E-state index in [4.69, 9.17) is 21.1 Å². The molecule has 0 amide bonds. The van der Waals surface area contributed by atoms with Crippen molar-refractivity contribution in [3.8, 4) is 5.75 Å². The van der Waals surface area contributed by atoms with Gasteiger partial charge in [0.05, 0.1) is 30.5 Å². The van der Waals surface area contributed by atoms with E-state index in [9.17, 15) is 0 Å². The Labute approximate surface area is 148 Å². The Hall–Kier alpha value is -1.56. The van der Waals surface area contributed by atoms with Crippen LogP contribution in [0.2, 0.25) is 5.02 Å². The smallest absolute Gasteiger partial charge is 0.138 e. The van der Waals surface area contributed by atoms with E-state index in [1.165, 1.54) is 0 Å². The van der Waals surface area contributed by atoms with Crippen LogP contribution in [-0.2, 0) is 17.8 Å². The molecule has 0 spiro atoms. The van der Waals surface area contributed by atoms with Crippen LogP contribution in [0.4, 0.5) is 0 Å². The molecule has 0 radical (unpaired) electrons. The summed E-state index contributed by atoms with van der Waals surface area (Å²) < 4.78 is 12.6. The average molecular weight is 352 g/mol. The predicted octanol–water partition coefficient (Wildman–Crippen LogP) is 3.82. The molecule has 0 saturated carbocycles. The van der Waals surface area contributed by atoms with Gasteiger partial charge >= 0.3 is 0 Å². The van der Waals surface area contributed by atoms with Crippen molar-refractivity contribution in [2.45, 2.75) is 46.0 Å². The lowest BCUT2D eigenvalue weighted by Crippen LogP contribution is -2.18. The Bertz CT molecular complexity index is 643. The lowest BCUT2D eigenvalue weighted by Gasteiger charge is -2.16. The molecule has 1 unspecified atom stereocenters. The Morgan fingerprint density at radius 2 is 2.08 bits per heavy atom. The van der Waals surface area contributed by atoms with Crippen LogP contribution >= 0.6 is 11.6 Å². The predicted molar refractivity (Wildman–Crippen MR) is 96.6 cm³/mol. The molecule has 1 atom stereocenters.